The lowest BCUT2D eigenvalue weighted by molar-refractivity contribution is -0.274. The monoisotopic (exact) mass is 518 g/mol. The van der Waals surface area contributed by atoms with Crippen LogP contribution in [0.4, 0.5) is 30.7 Å². The van der Waals surface area contributed by atoms with Gasteiger partial charge in [-0.2, -0.15) is 13.2 Å². The van der Waals surface area contributed by atoms with Crippen molar-refractivity contribution < 1.29 is 45.0 Å². The highest BCUT2D eigenvalue weighted by Crippen LogP contribution is 2.37. The van der Waals surface area contributed by atoms with Crippen LogP contribution in [0.15, 0.2) is 30.6 Å². The summed E-state index contributed by atoms with van der Waals surface area (Å²) in [6.45, 7) is -0.197. The van der Waals surface area contributed by atoms with Crippen molar-refractivity contribution in [3.05, 3.63) is 53.5 Å². The van der Waals surface area contributed by atoms with E-state index in [-0.39, 0.29) is 37.1 Å². The molecular formula is C20H13F7N6O3. The summed E-state index contributed by atoms with van der Waals surface area (Å²) < 4.78 is 103. The molecule has 0 spiro atoms. The molecular weight excluding hydrogens is 505 g/mol. The third-order valence-corrected chi connectivity index (χ3v) is 5.60. The number of amides is 1. The minimum Gasteiger partial charge on any atom is -0.406 e. The van der Waals surface area contributed by atoms with Crippen molar-refractivity contribution in [3.63, 3.8) is 0 Å². The van der Waals surface area contributed by atoms with E-state index in [0.29, 0.717) is 6.20 Å². The number of carbonyl (C=O) groups excluding carboxylic acids is 1. The fraction of sp³-hybridized carbons (Fsp3) is 0.350. The maximum Gasteiger partial charge on any atom is 0.573 e. The number of fused-ring (bicyclic) bond motifs is 4. The summed E-state index contributed by atoms with van der Waals surface area (Å²) in [5.41, 5.74) is -2.63. The molecule has 0 N–H and O–H groups in total. The first-order valence-electron chi connectivity index (χ1n) is 10.2. The highest BCUT2D eigenvalue weighted by Gasteiger charge is 2.46. The van der Waals surface area contributed by atoms with Crippen LogP contribution in [0.5, 0.6) is 5.75 Å². The minimum atomic E-state index is -5.10. The van der Waals surface area contributed by atoms with Crippen molar-refractivity contribution in [1.82, 2.24) is 29.6 Å². The number of nitrogens with zero attached hydrogens (tertiary/aromatic N) is 6. The lowest BCUT2D eigenvalue weighted by Gasteiger charge is -2.45. The lowest BCUT2D eigenvalue weighted by Crippen LogP contribution is -2.56. The minimum absolute atomic E-state index is 0.00395. The molecule has 2 bridgehead atoms. The summed E-state index contributed by atoms with van der Waals surface area (Å²) in [5, 5.41) is 8.00. The molecule has 5 heterocycles. The van der Waals surface area contributed by atoms with Crippen molar-refractivity contribution in [2.75, 3.05) is 13.2 Å². The van der Waals surface area contributed by atoms with Crippen LogP contribution in [-0.4, -0.2) is 61.2 Å². The maximum absolute atomic E-state index is 14.6. The van der Waals surface area contributed by atoms with Gasteiger partial charge in [0.25, 0.3) is 5.91 Å². The van der Waals surface area contributed by atoms with Gasteiger partial charge in [-0.05, 0) is 12.1 Å². The normalized spacial score (nSPS) is 19.7. The molecule has 3 aromatic heterocycles. The van der Waals surface area contributed by atoms with Crippen molar-refractivity contribution in [3.8, 4) is 17.3 Å². The van der Waals surface area contributed by atoms with Gasteiger partial charge in [0.05, 0.1) is 24.8 Å². The van der Waals surface area contributed by atoms with Gasteiger partial charge in [0.2, 0.25) is 0 Å². The molecule has 0 aromatic carbocycles. The van der Waals surface area contributed by atoms with E-state index in [1.807, 2.05) is 0 Å². The van der Waals surface area contributed by atoms with Gasteiger partial charge in [-0.1, -0.05) is 0 Å². The van der Waals surface area contributed by atoms with E-state index in [1.165, 1.54) is 9.47 Å². The zero-order valence-corrected chi connectivity index (χ0v) is 17.7. The number of ether oxygens (including phenoxy) is 2. The van der Waals surface area contributed by atoms with Gasteiger partial charge in [-0.3, -0.25) is 9.78 Å². The largest absolute Gasteiger partial charge is 0.573 e. The van der Waals surface area contributed by atoms with E-state index in [1.54, 1.807) is 0 Å². The second kappa shape index (κ2) is 8.39. The Morgan fingerprint density at radius 3 is 2.53 bits per heavy atom. The fourth-order valence-electron chi connectivity index (χ4n) is 4.20. The van der Waals surface area contributed by atoms with Gasteiger partial charge in [0.15, 0.2) is 23.2 Å². The van der Waals surface area contributed by atoms with Crippen molar-refractivity contribution in [1.29, 1.82) is 0 Å². The topological polar surface area (TPSA) is 95.3 Å². The Kier molecular flexibility index (Phi) is 5.57. The standard InChI is InChI=1S/C20H13F7N6O3/c21-14-11(2-4-29-15(14)19(22,23)24)18(34)33-9-6-32-16(30-31-17(32)13(33)8-35-7-9)12-5-10(1-3-28-12)36-20(25,26)27/h1-5,9,13H,6-8H2/t9-,13-/m1/s1. The first-order chi connectivity index (χ1) is 16.9. The zero-order chi connectivity index (χ0) is 25.8. The van der Waals surface area contributed by atoms with E-state index in [9.17, 15) is 35.5 Å². The molecule has 0 saturated carbocycles. The van der Waals surface area contributed by atoms with Crippen LogP contribution in [0.2, 0.25) is 0 Å². The Balaban J connectivity index is 1.50. The number of aromatic nitrogens is 5. The molecule has 36 heavy (non-hydrogen) atoms. The van der Waals surface area contributed by atoms with Gasteiger partial charge < -0.3 is 18.9 Å². The molecule has 0 unspecified atom stereocenters. The van der Waals surface area contributed by atoms with Crippen LogP contribution < -0.4 is 4.74 Å². The second-order valence-corrected chi connectivity index (χ2v) is 7.86. The Hall–Kier alpha value is -3.82. The van der Waals surface area contributed by atoms with E-state index in [2.05, 4.69) is 24.9 Å². The number of halogens is 7. The Morgan fingerprint density at radius 2 is 1.81 bits per heavy atom. The van der Waals surface area contributed by atoms with Crippen LogP contribution in [-0.2, 0) is 17.5 Å². The molecule has 2 aliphatic heterocycles. The quantitative estimate of drug-likeness (QED) is 0.491. The number of carbonyl (C=O) groups is 1. The smallest absolute Gasteiger partial charge is 0.406 e. The SMILES string of the molecule is O=C(c1ccnc(C(F)(F)F)c1F)N1[C@H]2COC[C@@H]1c1nnc(-c3cc(OC(F)(F)F)ccn3)n1C2. The average Bonchev–Trinajstić information content (AvgIpc) is 3.20. The van der Waals surface area contributed by atoms with Gasteiger partial charge in [0.1, 0.15) is 17.5 Å². The Labute approximate surface area is 196 Å². The first-order valence-corrected chi connectivity index (χ1v) is 10.2. The lowest BCUT2D eigenvalue weighted by atomic mass is 10.0. The second-order valence-electron chi connectivity index (χ2n) is 7.86. The van der Waals surface area contributed by atoms with Crippen LogP contribution in [0.3, 0.4) is 0 Å². The van der Waals surface area contributed by atoms with Crippen molar-refractivity contribution in [2.45, 2.75) is 31.2 Å². The van der Waals surface area contributed by atoms with Crippen molar-refractivity contribution in [2.24, 2.45) is 0 Å². The predicted molar refractivity (Wildman–Crippen MR) is 103 cm³/mol. The van der Waals surface area contributed by atoms with Gasteiger partial charge >= 0.3 is 12.5 Å². The van der Waals surface area contributed by atoms with E-state index in [0.717, 1.165) is 24.4 Å². The molecule has 0 radical (unpaired) electrons. The molecule has 1 amide bonds. The molecule has 5 rings (SSSR count). The van der Waals surface area contributed by atoms with E-state index in [4.69, 9.17) is 4.74 Å². The summed E-state index contributed by atoms with van der Waals surface area (Å²) in [6.07, 6.45) is -8.25. The highest BCUT2D eigenvalue weighted by molar-refractivity contribution is 5.95. The average molecular weight is 518 g/mol. The van der Waals surface area contributed by atoms with E-state index < -0.39 is 53.4 Å². The molecule has 9 nitrogen and oxygen atoms in total. The van der Waals surface area contributed by atoms with Gasteiger partial charge in [0, 0.05) is 25.0 Å². The molecule has 2 aliphatic rings. The van der Waals surface area contributed by atoms with Crippen LogP contribution in [0, 0.1) is 5.82 Å². The number of rotatable bonds is 3. The third-order valence-electron chi connectivity index (χ3n) is 5.60. The molecule has 3 aromatic rings. The molecule has 1 saturated heterocycles. The van der Waals surface area contributed by atoms with Crippen LogP contribution >= 0.6 is 0 Å². The number of alkyl halides is 6. The van der Waals surface area contributed by atoms with Crippen molar-refractivity contribution >= 4 is 5.91 Å². The van der Waals surface area contributed by atoms with Gasteiger partial charge in [-0.15, -0.1) is 23.4 Å². The highest BCUT2D eigenvalue weighted by atomic mass is 19.4. The third kappa shape index (κ3) is 4.20. The molecule has 190 valence electrons. The van der Waals surface area contributed by atoms with Gasteiger partial charge in [-0.25, -0.2) is 9.37 Å². The Morgan fingerprint density at radius 1 is 1.06 bits per heavy atom. The molecule has 0 aliphatic carbocycles. The molecule has 1 fully saturated rings. The number of pyridine rings is 2. The summed E-state index contributed by atoms with van der Waals surface area (Å²) in [6, 6.07) is 1.15. The van der Waals surface area contributed by atoms with Crippen LogP contribution in [0.25, 0.3) is 11.5 Å². The zero-order valence-electron chi connectivity index (χ0n) is 17.7. The Bertz CT molecular complexity index is 1330. The fourth-order valence-corrected chi connectivity index (χ4v) is 4.20. The number of hydrogen-bond donors (Lipinski definition) is 0. The molecule has 2 atom stereocenters. The summed E-state index contributed by atoms with van der Waals surface area (Å²) in [4.78, 5) is 21.4. The first kappa shape index (κ1) is 23.9. The maximum atomic E-state index is 14.6. The predicted octanol–water partition coefficient (Wildman–Crippen LogP) is 3.39. The van der Waals surface area contributed by atoms with Crippen LogP contribution in [0.1, 0.15) is 27.9 Å². The summed E-state index contributed by atoms with van der Waals surface area (Å²) in [5.74, 6) is -3.13. The molecule has 16 heteroatoms. The summed E-state index contributed by atoms with van der Waals surface area (Å²) in [7, 11) is 0. The number of morpholine rings is 1. The summed E-state index contributed by atoms with van der Waals surface area (Å²) >= 11 is 0. The number of hydrogen-bond acceptors (Lipinski definition) is 7. The van der Waals surface area contributed by atoms with E-state index >= 15 is 0 Å².